The van der Waals surface area contributed by atoms with Crippen molar-refractivity contribution in [2.75, 3.05) is 10.6 Å². The molecular weight excluding hydrogens is 326 g/mol. The minimum absolute atomic E-state index is 0.239. The maximum absolute atomic E-state index is 12.7. The van der Waals surface area contributed by atoms with Crippen molar-refractivity contribution in [3.05, 3.63) is 77.9 Å². The van der Waals surface area contributed by atoms with Crippen LogP contribution in [0.5, 0.6) is 0 Å². The van der Waals surface area contributed by atoms with Crippen LogP contribution < -0.4 is 10.6 Å². The summed E-state index contributed by atoms with van der Waals surface area (Å²) in [6.45, 7) is 2.66. The molecule has 3 aromatic rings. The molecule has 132 valence electrons. The summed E-state index contributed by atoms with van der Waals surface area (Å²) in [5, 5.41) is 6.06. The van der Waals surface area contributed by atoms with E-state index in [9.17, 15) is 4.79 Å². The fraction of sp³-hybridized carbons (Fsp3) is 0.200. The van der Waals surface area contributed by atoms with E-state index in [1.807, 2.05) is 24.3 Å². The van der Waals surface area contributed by atoms with Gasteiger partial charge in [0.05, 0.1) is 5.56 Å². The first kappa shape index (κ1) is 17.5. The molecule has 0 saturated carbocycles. The van der Waals surface area contributed by atoms with Crippen molar-refractivity contribution >= 4 is 17.5 Å². The van der Waals surface area contributed by atoms with Crippen LogP contribution in [0.15, 0.2) is 61.1 Å². The van der Waals surface area contributed by atoms with Gasteiger partial charge in [-0.2, -0.15) is 0 Å². The van der Waals surface area contributed by atoms with E-state index >= 15 is 0 Å². The fourth-order valence-electron chi connectivity index (χ4n) is 2.54. The highest BCUT2D eigenvalue weighted by Crippen LogP contribution is 2.15. The van der Waals surface area contributed by atoms with Crippen molar-refractivity contribution in [2.45, 2.75) is 26.3 Å². The Kier molecular flexibility index (Phi) is 5.88. The molecule has 1 amide bonds. The summed E-state index contributed by atoms with van der Waals surface area (Å²) in [5.74, 6) is 0.841. The number of anilines is 2. The molecule has 0 unspecified atom stereocenters. The number of rotatable bonds is 7. The van der Waals surface area contributed by atoms with Gasteiger partial charge in [-0.3, -0.25) is 9.78 Å². The summed E-state index contributed by atoms with van der Waals surface area (Å²) in [6.07, 6.45) is 7.02. The van der Waals surface area contributed by atoms with Gasteiger partial charge in [-0.25, -0.2) is 9.97 Å². The molecule has 0 fully saturated rings. The highest BCUT2D eigenvalue weighted by Gasteiger charge is 2.13. The van der Waals surface area contributed by atoms with Crippen molar-refractivity contribution < 1.29 is 4.79 Å². The molecule has 0 aliphatic carbocycles. The number of aryl methyl sites for hydroxylation is 1. The number of carbonyl (C=O) groups excluding carboxylic acids is 1. The Hall–Kier alpha value is -3.28. The van der Waals surface area contributed by atoms with Crippen LogP contribution in [0.3, 0.4) is 0 Å². The molecule has 0 bridgehead atoms. The number of carbonyl (C=O) groups is 1. The van der Waals surface area contributed by atoms with Crippen molar-refractivity contribution in [1.29, 1.82) is 0 Å². The lowest BCUT2D eigenvalue weighted by atomic mass is 10.2. The second-order valence-corrected chi connectivity index (χ2v) is 5.83. The number of pyridine rings is 3. The molecule has 0 saturated heterocycles. The molecule has 0 atom stereocenters. The molecule has 6 nitrogen and oxygen atoms in total. The van der Waals surface area contributed by atoms with Gasteiger partial charge >= 0.3 is 0 Å². The maximum Gasteiger partial charge on any atom is 0.260 e. The van der Waals surface area contributed by atoms with Gasteiger partial charge < -0.3 is 10.6 Å². The lowest BCUT2D eigenvalue weighted by Gasteiger charge is -2.11. The zero-order valence-electron chi connectivity index (χ0n) is 14.6. The van der Waals surface area contributed by atoms with Gasteiger partial charge in [0.25, 0.3) is 5.91 Å². The zero-order chi connectivity index (χ0) is 18.2. The third kappa shape index (κ3) is 4.63. The zero-order valence-corrected chi connectivity index (χ0v) is 14.6. The van der Waals surface area contributed by atoms with Gasteiger partial charge in [0, 0.05) is 30.8 Å². The SMILES string of the molecule is CCCc1cccc(NC(=O)c2cccnc2NCc2ccncc2)n1. The van der Waals surface area contributed by atoms with Crippen molar-refractivity contribution in [3.8, 4) is 0 Å². The monoisotopic (exact) mass is 347 g/mol. The number of amides is 1. The number of nitrogens with one attached hydrogen (secondary N) is 2. The Morgan fingerprint density at radius 3 is 2.69 bits per heavy atom. The molecule has 2 N–H and O–H groups in total. The summed E-state index contributed by atoms with van der Waals surface area (Å²) in [6, 6.07) is 13.0. The first-order valence-corrected chi connectivity index (χ1v) is 8.61. The van der Waals surface area contributed by atoms with Crippen molar-refractivity contribution in [2.24, 2.45) is 0 Å². The van der Waals surface area contributed by atoms with Crippen LogP contribution in [0.4, 0.5) is 11.6 Å². The smallest absolute Gasteiger partial charge is 0.260 e. The van der Waals surface area contributed by atoms with Gasteiger partial charge in [-0.1, -0.05) is 19.4 Å². The molecule has 0 aliphatic heterocycles. The van der Waals surface area contributed by atoms with Crippen LogP contribution in [0.1, 0.15) is 35.0 Å². The van der Waals surface area contributed by atoms with Crippen molar-refractivity contribution in [3.63, 3.8) is 0 Å². The average Bonchev–Trinajstić information content (AvgIpc) is 2.68. The summed E-state index contributed by atoms with van der Waals surface area (Å²) in [4.78, 5) is 25.4. The Morgan fingerprint density at radius 1 is 1.04 bits per heavy atom. The van der Waals surface area contributed by atoms with E-state index < -0.39 is 0 Å². The van der Waals surface area contributed by atoms with Gasteiger partial charge in [-0.15, -0.1) is 0 Å². The second-order valence-electron chi connectivity index (χ2n) is 5.83. The number of aromatic nitrogens is 3. The fourth-order valence-corrected chi connectivity index (χ4v) is 2.54. The summed E-state index contributed by atoms with van der Waals surface area (Å²) < 4.78 is 0. The molecule has 26 heavy (non-hydrogen) atoms. The Morgan fingerprint density at radius 2 is 1.88 bits per heavy atom. The first-order valence-electron chi connectivity index (χ1n) is 8.61. The van der Waals surface area contributed by atoms with Crippen LogP contribution in [0.2, 0.25) is 0 Å². The topological polar surface area (TPSA) is 79.8 Å². The quantitative estimate of drug-likeness (QED) is 0.681. The highest BCUT2D eigenvalue weighted by atomic mass is 16.1. The summed E-state index contributed by atoms with van der Waals surface area (Å²) in [7, 11) is 0. The molecule has 0 aromatic carbocycles. The molecular formula is C20H21N5O. The first-order chi connectivity index (χ1) is 12.8. The van der Waals surface area contributed by atoms with E-state index in [4.69, 9.17) is 0 Å². The largest absolute Gasteiger partial charge is 0.365 e. The third-order valence-corrected chi connectivity index (χ3v) is 3.82. The average molecular weight is 347 g/mol. The molecule has 0 spiro atoms. The van der Waals surface area contributed by atoms with Crippen LogP contribution in [-0.2, 0) is 13.0 Å². The predicted molar refractivity (Wildman–Crippen MR) is 102 cm³/mol. The van der Waals surface area contributed by atoms with E-state index in [2.05, 4.69) is 32.5 Å². The summed E-state index contributed by atoms with van der Waals surface area (Å²) in [5.41, 5.74) is 2.50. The van der Waals surface area contributed by atoms with E-state index in [1.54, 1.807) is 36.8 Å². The minimum Gasteiger partial charge on any atom is -0.365 e. The maximum atomic E-state index is 12.7. The number of hydrogen-bond donors (Lipinski definition) is 2. The molecule has 0 radical (unpaired) electrons. The molecule has 3 rings (SSSR count). The highest BCUT2D eigenvalue weighted by molar-refractivity contribution is 6.07. The van der Waals surface area contributed by atoms with Gasteiger partial charge in [0.2, 0.25) is 0 Å². The third-order valence-electron chi connectivity index (χ3n) is 3.82. The van der Waals surface area contributed by atoms with Crippen molar-refractivity contribution in [1.82, 2.24) is 15.0 Å². The van der Waals surface area contributed by atoms with Crippen LogP contribution in [-0.4, -0.2) is 20.9 Å². The Bertz CT molecular complexity index is 867. The Labute approximate surface area is 152 Å². The van der Waals surface area contributed by atoms with E-state index in [0.717, 1.165) is 24.1 Å². The van der Waals surface area contributed by atoms with Crippen LogP contribution in [0, 0.1) is 0 Å². The second kappa shape index (κ2) is 8.71. The molecule has 3 heterocycles. The lowest BCUT2D eigenvalue weighted by molar-refractivity contribution is 0.102. The molecule has 6 heteroatoms. The van der Waals surface area contributed by atoms with Gasteiger partial charge in [-0.05, 0) is 48.4 Å². The van der Waals surface area contributed by atoms with E-state index in [-0.39, 0.29) is 5.91 Å². The number of nitrogens with zero attached hydrogens (tertiary/aromatic N) is 3. The normalized spacial score (nSPS) is 10.3. The van der Waals surface area contributed by atoms with Crippen LogP contribution >= 0.6 is 0 Å². The summed E-state index contributed by atoms with van der Waals surface area (Å²) >= 11 is 0. The molecule has 0 aliphatic rings. The van der Waals surface area contributed by atoms with Crippen LogP contribution in [0.25, 0.3) is 0 Å². The standard InChI is InChI=1S/C20H21N5O/c1-2-5-16-6-3-8-18(24-16)25-20(26)17-7-4-11-22-19(17)23-14-15-9-12-21-13-10-15/h3-4,6-13H,2,5,14H2,1H3,(H,22,23)(H,24,25,26). The predicted octanol–water partition coefficient (Wildman–Crippen LogP) is 3.69. The van der Waals surface area contributed by atoms with E-state index in [0.29, 0.717) is 23.7 Å². The Balaban J connectivity index is 1.72. The van der Waals surface area contributed by atoms with Gasteiger partial charge in [0.15, 0.2) is 0 Å². The van der Waals surface area contributed by atoms with E-state index in [1.165, 1.54) is 0 Å². The number of hydrogen-bond acceptors (Lipinski definition) is 5. The minimum atomic E-state index is -0.239. The molecule has 3 aromatic heterocycles. The lowest BCUT2D eigenvalue weighted by Crippen LogP contribution is -2.16. The van der Waals surface area contributed by atoms with Gasteiger partial charge in [0.1, 0.15) is 11.6 Å².